The number of hydrogen-bond acceptors (Lipinski definition) is 4. The number of amides is 1. The average molecular weight is 305 g/mol. The lowest BCUT2D eigenvalue weighted by atomic mass is 10.1. The summed E-state index contributed by atoms with van der Waals surface area (Å²) in [5.41, 5.74) is -0.463. The fourth-order valence-electron chi connectivity index (χ4n) is 2.02. The van der Waals surface area contributed by atoms with Crippen molar-refractivity contribution in [2.24, 2.45) is 0 Å². The molecule has 0 saturated heterocycles. The van der Waals surface area contributed by atoms with Crippen LogP contribution in [0.25, 0.3) is 0 Å². The van der Waals surface area contributed by atoms with E-state index in [9.17, 15) is 14.4 Å². The summed E-state index contributed by atoms with van der Waals surface area (Å²) in [4.78, 5) is 36.8. The number of aromatic nitrogens is 1. The number of carboxylic acids is 1. The summed E-state index contributed by atoms with van der Waals surface area (Å²) in [5.74, 6) is -1.70. The van der Waals surface area contributed by atoms with Crippen LogP contribution in [-0.2, 0) is 11.3 Å². The van der Waals surface area contributed by atoms with E-state index in [4.69, 9.17) is 10.4 Å². The zero-order valence-corrected chi connectivity index (χ0v) is 12.9. The second kappa shape index (κ2) is 7.41. The van der Waals surface area contributed by atoms with E-state index in [1.165, 1.54) is 15.5 Å². The van der Waals surface area contributed by atoms with Gasteiger partial charge in [0.2, 0.25) is 5.91 Å². The molecule has 7 nitrogen and oxygen atoms in total. The maximum absolute atomic E-state index is 12.3. The van der Waals surface area contributed by atoms with Crippen molar-refractivity contribution in [1.82, 2.24) is 9.47 Å². The SMILES string of the molecule is CC(C)c1ccc(C(=O)O)c(=O)n1CC(=O)N(C)CCC#N. The Kier molecular flexibility index (Phi) is 5.87. The first-order chi connectivity index (χ1) is 10.3. The van der Waals surface area contributed by atoms with Gasteiger partial charge in [-0.25, -0.2) is 4.79 Å². The highest BCUT2D eigenvalue weighted by Crippen LogP contribution is 2.13. The first-order valence-electron chi connectivity index (χ1n) is 6.87. The van der Waals surface area contributed by atoms with E-state index in [2.05, 4.69) is 0 Å². The summed E-state index contributed by atoms with van der Waals surface area (Å²) in [6.07, 6.45) is 0.198. The van der Waals surface area contributed by atoms with Crippen LogP contribution in [0, 0.1) is 11.3 Å². The Labute approximate surface area is 128 Å². The van der Waals surface area contributed by atoms with Crippen molar-refractivity contribution < 1.29 is 14.7 Å². The molecule has 0 saturated carbocycles. The molecular formula is C15H19N3O4. The van der Waals surface area contributed by atoms with Gasteiger partial charge in [-0.2, -0.15) is 5.26 Å². The minimum Gasteiger partial charge on any atom is -0.477 e. The van der Waals surface area contributed by atoms with Crippen LogP contribution < -0.4 is 5.56 Å². The lowest BCUT2D eigenvalue weighted by molar-refractivity contribution is -0.130. The molecule has 0 aliphatic rings. The highest BCUT2D eigenvalue weighted by molar-refractivity contribution is 5.87. The van der Waals surface area contributed by atoms with Crippen LogP contribution >= 0.6 is 0 Å². The normalized spacial score (nSPS) is 10.3. The van der Waals surface area contributed by atoms with Crippen LogP contribution in [0.2, 0.25) is 0 Å². The van der Waals surface area contributed by atoms with Crippen molar-refractivity contribution in [3.8, 4) is 6.07 Å². The summed E-state index contributed by atoms with van der Waals surface area (Å²) in [6, 6.07) is 4.76. The van der Waals surface area contributed by atoms with Gasteiger partial charge < -0.3 is 14.6 Å². The Morgan fingerprint density at radius 3 is 2.55 bits per heavy atom. The molecule has 0 bridgehead atoms. The Morgan fingerprint density at radius 1 is 1.41 bits per heavy atom. The number of nitrogens with zero attached hydrogens (tertiary/aromatic N) is 3. The van der Waals surface area contributed by atoms with Gasteiger partial charge in [-0.15, -0.1) is 0 Å². The van der Waals surface area contributed by atoms with Crippen molar-refractivity contribution in [3.05, 3.63) is 33.7 Å². The third-order valence-corrected chi connectivity index (χ3v) is 3.31. The van der Waals surface area contributed by atoms with Crippen molar-refractivity contribution in [1.29, 1.82) is 5.26 Å². The fourth-order valence-corrected chi connectivity index (χ4v) is 2.02. The third-order valence-electron chi connectivity index (χ3n) is 3.31. The second-order valence-corrected chi connectivity index (χ2v) is 5.25. The van der Waals surface area contributed by atoms with Crippen molar-refractivity contribution >= 4 is 11.9 Å². The molecule has 1 heterocycles. The molecule has 1 aromatic heterocycles. The lowest BCUT2D eigenvalue weighted by Crippen LogP contribution is -2.37. The average Bonchev–Trinajstić information content (AvgIpc) is 2.45. The molecule has 0 aliphatic heterocycles. The molecule has 0 fully saturated rings. The third kappa shape index (κ3) is 3.95. The van der Waals surface area contributed by atoms with Crippen LogP contribution in [0.15, 0.2) is 16.9 Å². The van der Waals surface area contributed by atoms with Gasteiger partial charge in [0.15, 0.2) is 0 Å². The van der Waals surface area contributed by atoms with Crippen LogP contribution in [0.3, 0.4) is 0 Å². The molecule has 7 heteroatoms. The van der Waals surface area contributed by atoms with E-state index in [1.807, 2.05) is 19.9 Å². The molecular weight excluding hydrogens is 286 g/mol. The molecule has 118 valence electrons. The standard InChI is InChI=1S/C15H19N3O4/c1-10(2)12-6-5-11(15(21)22)14(20)18(12)9-13(19)17(3)8-4-7-16/h5-6,10H,4,8-9H2,1-3H3,(H,21,22). The maximum atomic E-state index is 12.3. The zero-order chi connectivity index (χ0) is 16.9. The summed E-state index contributed by atoms with van der Waals surface area (Å²) in [5, 5.41) is 17.6. The summed E-state index contributed by atoms with van der Waals surface area (Å²) in [6.45, 7) is 3.74. The van der Waals surface area contributed by atoms with Gasteiger partial charge in [0.25, 0.3) is 5.56 Å². The van der Waals surface area contributed by atoms with Gasteiger partial charge in [0.05, 0.1) is 12.5 Å². The molecule has 1 amide bonds. The maximum Gasteiger partial charge on any atom is 0.341 e. The number of likely N-dealkylation sites (N-methyl/N-ethyl adjacent to an activating group) is 1. The van der Waals surface area contributed by atoms with E-state index < -0.39 is 11.5 Å². The van der Waals surface area contributed by atoms with Gasteiger partial charge in [0.1, 0.15) is 12.1 Å². The molecule has 0 radical (unpaired) electrons. The Bertz CT molecular complexity index is 670. The molecule has 0 aliphatic carbocycles. The highest BCUT2D eigenvalue weighted by atomic mass is 16.4. The molecule has 1 aromatic rings. The Hall–Kier alpha value is -2.62. The quantitative estimate of drug-likeness (QED) is 0.845. The van der Waals surface area contributed by atoms with Crippen LogP contribution in [0.4, 0.5) is 0 Å². The van der Waals surface area contributed by atoms with Gasteiger partial charge in [-0.3, -0.25) is 9.59 Å². The van der Waals surface area contributed by atoms with Gasteiger partial charge >= 0.3 is 5.97 Å². The Balaban J connectivity index is 3.19. The second-order valence-electron chi connectivity index (χ2n) is 5.25. The summed E-state index contributed by atoms with van der Waals surface area (Å²) >= 11 is 0. The first-order valence-corrected chi connectivity index (χ1v) is 6.87. The largest absolute Gasteiger partial charge is 0.477 e. The summed E-state index contributed by atoms with van der Waals surface area (Å²) < 4.78 is 1.19. The Morgan fingerprint density at radius 2 is 2.05 bits per heavy atom. The number of carboxylic acid groups (broad SMARTS) is 1. The minimum absolute atomic E-state index is 0.0345. The molecule has 22 heavy (non-hydrogen) atoms. The van der Waals surface area contributed by atoms with Crippen molar-refractivity contribution in [3.63, 3.8) is 0 Å². The highest BCUT2D eigenvalue weighted by Gasteiger charge is 2.19. The number of pyridine rings is 1. The van der Waals surface area contributed by atoms with Crippen LogP contribution in [0.5, 0.6) is 0 Å². The van der Waals surface area contributed by atoms with Crippen molar-refractivity contribution in [2.75, 3.05) is 13.6 Å². The lowest BCUT2D eigenvalue weighted by Gasteiger charge is -2.20. The van der Waals surface area contributed by atoms with Crippen LogP contribution in [-0.4, -0.2) is 40.0 Å². The van der Waals surface area contributed by atoms with E-state index >= 15 is 0 Å². The van der Waals surface area contributed by atoms with E-state index in [-0.39, 0.29) is 36.9 Å². The number of rotatable bonds is 6. The number of aromatic carboxylic acids is 1. The number of nitriles is 1. The smallest absolute Gasteiger partial charge is 0.341 e. The molecule has 1 rings (SSSR count). The van der Waals surface area contributed by atoms with Crippen molar-refractivity contribution in [2.45, 2.75) is 32.7 Å². The summed E-state index contributed by atoms with van der Waals surface area (Å²) in [7, 11) is 1.54. The van der Waals surface area contributed by atoms with Crippen LogP contribution in [0.1, 0.15) is 42.2 Å². The molecule has 0 spiro atoms. The van der Waals surface area contributed by atoms with E-state index in [1.54, 1.807) is 13.1 Å². The molecule has 0 aromatic carbocycles. The predicted octanol–water partition coefficient (Wildman–Crippen LogP) is 1.04. The molecule has 1 N–H and O–H groups in total. The predicted molar refractivity (Wildman–Crippen MR) is 79.6 cm³/mol. The zero-order valence-electron chi connectivity index (χ0n) is 12.9. The molecule has 0 atom stereocenters. The van der Waals surface area contributed by atoms with Gasteiger partial charge in [-0.05, 0) is 18.1 Å². The fraction of sp³-hybridized carbons (Fsp3) is 0.467. The number of carbonyl (C=O) groups is 2. The molecule has 0 unspecified atom stereocenters. The number of carbonyl (C=O) groups excluding carboxylic acids is 1. The van der Waals surface area contributed by atoms with E-state index in [0.29, 0.717) is 5.69 Å². The first kappa shape index (κ1) is 17.4. The number of hydrogen-bond donors (Lipinski definition) is 1. The monoisotopic (exact) mass is 305 g/mol. The van der Waals surface area contributed by atoms with Gasteiger partial charge in [0, 0.05) is 19.3 Å². The minimum atomic E-state index is -1.32. The van der Waals surface area contributed by atoms with E-state index in [0.717, 1.165) is 0 Å². The topological polar surface area (TPSA) is 103 Å². The van der Waals surface area contributed by atoms with Gasteiger partial charge in [-0.1, -0.05) is 13.8 Å².